The molecule has 1 saturated heterocycles. The van der Waals surface area contributed by atoms with Crippen LogP contribution in [0.1, 0.15) is 141 Å². The molecular weight excluding hydrogens is 712 g/mol. The van der Waals surface area contributed by atoms with Crippen molar-refractivity contribution < 1.29 is 45.2 Å². The van der Waals surface area contributed by atoms with Gasteiger partial charge in [-0.3, -0.25) is 0 Å². The quantitative estimate of drug-likeness (QED) is 0.0813. The zero-order valence-electron chi connectivity index (χ0n) is 33.1. The first kappa shape index (κ1) is 40.9. The highest BCUT2D eigenvalue weighted by molar-refractivity contribution is 5.64. The lowest BCUT2D eigenvalue weighted by atomic mass is 9.66. The Morgan fingerprint density at radius 2 is 1.80 bits per heavy atom. The monoisotopic (exact) mass is 776 g/mol. The van der Waals surface area contributed by atoms with Gasteiger partial charge in [-0.1, -0.05) is 25.0 Å². The number of fused-ring (bicyclic) bond motifs is 1. The molecule has 9 atom stereocenters. The predicted octanol–water partition coefficient (Wildman–Crippen LogP) is 6.55. The molecule has 0 radical (unpaired) electrons. The lowest BCUT2D eigenvalue weighted by Crippen LogP contribution is -2.44. The van der Waals surface area contributed by atoms with Gasteiger partial charge in [0.05, 0.1) is 43.7 Å². The highest BCUT2D eigenvalue weighted by Crippen LogP contribution is 2.53. The minimum absolute atomic E-state index is 0.0137. The zero-order chi connectivity index (χ0) is 39.6. The molecule has 3 saturated carbocycles. The van der Waals surface area contributed by atoms with E-state index in [1.54, 1.807) is 6.20 Å². The number of aromatic amines is 1. The number of phenolic OH excluding ortho intramolecular Hbond substituents is 2. The van der Waals surface area contributed by atoms with Gasteiger partial charge in [-0.25, -0.2) is 0 Å². The van der Waals surface area contributed by atoms with Crippen molar-refractivity contribution in [1.29, 1.82) is 0 Å². The first-order chi connectivity index (χ1) is 27.0. The number of hydrogen-bond acceptors (Lipinski definition) is 10. The van der Waals surface area contributed by atoms with Gasteiger partial charge < -0.3 is 55.5 Å². The van der Waals surface area contributed by atoms with E-state index in [1.165, 1.54) is 7.11 Å². The number of H-pyrrole nitrogens is 1. The maximum absolute atomic E-state index is 11.7. The maximum atomic E-state index is 11.7. The molecule has 7 rings (SSSR count). The van der Waals surface area contributed by atoms with Gasteiger partial charge in [-0.2, -0.15) is 0 Å². The lowest BCUT2D eigenvalue weighted by Gasteiger charge is -2.46. The van der Waals surface area contributed by atoms with Crippen LogP contribution in [0.25, 0.3) is 0 Å². The van der Waals surface area contributed by atoms with Crippen molar-refractivity contribution >= 4 is 0 Å². The van der Waals surface area contributed by atoms with E-state index in [9.17, 15) is 35.7 Å². The molecule has 56 heavy (non-hydrogen) atoms. The van der Waals surface area contributed by atoms with Crippen LogP contribution in [-0.4, -0.2) is 85.3 Å². The minimum atomic E-state index is -0.676. The summed E-state index contributed by atoms with van der Waals surface area (Å²) in [5.41, 5.74) is 3.52. The van der Waals surface area contributed by atoms with E-state index in [0.29, 0.717) is 42.7 Å². The Morgan fingerprint density at radius 3 is 2.52 bits per heavy atom. The summed E-state index contributed by atoms with van der Waals surface area (Å²) in [6, 6.07) is 7.89. The van der Waals surface area contributed by atoms with Crippen molar-refractivity contribution in [3.63, 3.8) is 0 Å². The molecule has 0 bridgehead atoms. The van der Waals surface area contributed by atoms with Crippen molar-refractivity contribution in [2.75, 3.05) is 20.7 Å². The van der Waals surface area contributed by atoms with Crippen molar-refractivity contribution in [1.82, 2.24) is 10.3 Å². The normalized spacial score (nSPS) is 29.5. The molecule has 308 valence electrons. The first-order valence-electron chi connectivity index (χ1n) is 21.1. The molecule has 3 aliphatic carbocycles. The van der Waals surface area contributed by atoms with Crippen LogP contribution >= 0.6 is 0 Å². The van der Waals surface area contributed by atoms with E-state index < -0.39 is 42.0 Å². The molecule has 9 unspecified atom stereocenters. The summed E-state index contributed by atoms with van der Waals surface area (Å²) in [5, 5.41) is 81.7. The van der Waals surface area contributed by atoms with Gasteiger partial charge in [-0.15, -0.1) is 0 Å². The molecule has 0 amide bonds. The fourth-order valence-corrected chi connectivity index (χ4v) is 11.1. The summed E-state index contributed by atoms with van der Waals surface area (Å²) >= 11 is 0. The van der Waals surface area contributed by atoms with E-state index in [2.05, 4.69) is 16.4 Å². The average Bonchev–Trinajstić information content (AvgIpc) is 3.89. The lowest BCUT2D eigenvalue weighted by molar-refractivity contribution is -0.154. The summed E-state index contributed by atoms with van der Waals surface area (Å²) in [6.45, 7) is 0.389. The van der Waals surface area contributed by atoms with Crippen LogP contribution in [0.4, 0.5) is 0 Å². The largest absolute Gasteiger partial charge is 0.508 e. The van der Waals surface area contributed by atoms with Crippen LogP contribution in [0.15, 0.2) is 36.7 Å². The maximum Gasteiger partial charge on any atom is 0.201 e. The van der Waals surface area contributed by atoms with E-state index in [0.717, 1.165) is 87.4 Å². The number of aliphatic hydroxyl groups excluding tert-OH is 3. The van der Waals surface area contributed by atoms with E-state index in [-0.39, 0.29) is 53.3 Å². The molecule has 0 spiro atoms. The van der Waals surface area contributed by atoms with Gasteiger partial charge in [0.15, 0.2) is 11.5 Å². The van der Waals surface area contributed by atoms with Crippen LogP contribution in [0.5, 0.6) is 23.0 Å². The molecule has 4 aliphatic rings. The molecule has 2 heterocycles. The van der Waals surface area contributed by atoms with Gasteiger partial charge in [0, 0.05) is 42.3 Å². The highest BCUT2D eigenvalue weighted by Gasteiger charge is 2.45. The number of aromatic hydroxyl groups is 3. The molecule has 3 aromatic rings. The highest BCUT2D eigenvalue weighted by atomic mass is 16.5. The minimum Gasteiger partial charge on any atom is -0.508 e. The fourth-order valence-electron chi connectivity index (χ4n) is 11.1. The summed E-state index contributed by atoms with van der Waals surface area (Å²) in [5.74, 6) is -0.0560. The van der Waals surface area contributed by atoms with Crippen LogP contribution < -0.4 is 10.1 Å². The molecule has 2 aromatic carbocycles. The molecule has 9 N–H and O–H groups in total. The van der Waals surface area contributed by atoms with Gasteiger partial charge in [-0.05, 0) is 142 Å². The van der Waals surface area contributed by atoms with Gasteiger partial charge in [0.1, 0.15) is 5.75 Å². The molecule has 4 fully saturated rings. The van der Waals surface area contributed by atoms with Crippen LogP contribution in [0, 0.1) is 17.8 Å². The third kappa shape index (κ3) is 8.45. The summed E-state index contributed by atoms with van der Waals surface area (Å²) in [7, 11) is 3.41. The number of aromatic nitrogens is 1. The van der Waals surface area contributed by atoms with E-state index in [1.807, 2.05) is 31.4 Å². The Labute approximate surface area is 331 Å². The third-order valence-electron chi connectivity index (χ3n) is 14.2. The molecule has 11 nitrogen and oxygen atoms in total. The number of benzene rings is 2. The van der Waals surface area contributed by atoms with Crippen molar-refractivity contribution in [3.8, 4) is 23.0 Å². The van der Waals surface area contributed by atoms with E-state index in [4.69, 9.17) is 9.47 Å². The fraction of sp³-hybridized carbons (Fsp3) is 0.644. The van der Waals surface area contributed by atoms with Crippen LogP contribution in [0.3, 0.4) is 0 Å². The van der Waals surface area contributed by atoms with Crippen molar-refractivity contribution in [2.45, 2.75) is 145 Å². The van der Waals surface area contributed by atoms with E-state index >= 15 is 0 Å². The Kier molecular flexibility index (Phi) is 12.9. The number of hydrogen-bond donors (Lipinski definition) is 9. The van der Waals surface area contributed by atoms with Crippen molar-refractivity contribution in [2.24, 2.45) is 17.8 Å². The number of phenols is 3. The first-order valence-corrected chi connectivity index (χ1v) is 21.1. The molecule has 1 aliphatic heterocycles. The number of nitrogens with one attached hydrogen (secondary N) is 2. The van der Waals surface area contributed by atoms with Crippen molar-refractivity contribution in [3.05, 3.63) is 70.0 Å². The summed E-state index contributed by atoms with van der Waals surface area (Å²) < 4.78 is 12.5. The SMILES string of the molecule is CNCCC1CCC(C(O)CCC2(O)CCCC2)C(c2cc(C3CCC4C(O)CC(c5c(CO)c(O)c(O)c(OC)c5Cc5cc[nH]c5)OC4C3)ccc2O)C1. The Bertz CT molecular complexity index is 1760. The second kappa shape index (κ2) is 17.7. The van der Waals surface area contributed by atoms with Gasteiger partial charge in [0.25, 0.3) is 0 Å². The zero-order valence-corrected chi connectivity index (χ0v) is 33.1. The Hall–Kier alpha value is -3.32. The van der Waals surface area contributed by atoms with Crippen LogP contribution in [0.2, 0.25) is 0 Å². The smallest absolute Gasteiger partial charge is 0.201 e. The Balaban J connectivity index is 1.15. The third-order valence-corrected chi connectivity index (χ3v) is 14.2. The van der Waals surface area contributed by atoms with Crippen LogP contribution in [-0.2, 0) is 17.8 Å². The molecule has 11 heteroatoms. The topological polar surface area (TPSA) is 188 Å². The standard InChI is InChI=1S/C45H64N2O9/c1-46-17-12-26-5-8-30(37(50)11-16-45(54)14-3-4-15-45)32(19-26)33-21-28(7-10-36(33)49)29-6-9-31-38(51)23-40(56-39(31)22-29)41-34(20-27-13-18-47-24-27)44(55-2)43(53)42(52)35(41)25-48/h7,10,13,18,21,24,26,29-32,37-40,46-54H,3-6,8-9,11-12,14-17,19-20,22-23,25H2,1-2H3. The number of rotatable bonds is 14. The summed E-state index contributed by atoms with van der Waals surface area (Å²) in [6.07, 6.45) is 13.0. The van der Waals surface area contributed by atoms with Gasteiger partial charge >= 0.3 is 0 Å². The number of methoxy groups -OCH3 is 1. The summed E-state index contributed by atoms with van der Waals surface area (Å²) in [4.78, 5) is 3.06. The average molecular weight is 777 g/mol. The number of ether oxygens (including phenoxy) is 2. The Morgan fingerprint density at radius 1 is 1.00 bits per heavy atom. The number of aliphatic hydroxyl groups is 4. The molecular formula is C45H64N2O9. The second-order valence-electron chi connectivity index (χ2n) is 17.5. The second-order valence-corrected chi connectivity index (χ2v) is 17.5. The predicted molar refractivity (Wildman–Crippen MR) is 213 cm³/mol. The van der Waals surface area contributed by atoms with Gasteiger partial charge in [0.2, 0.25) is 5.75 Å². The molecule has 1 aromatic heterocycles.